The van der Waals surface area contributed by atoms with E-state index in [1.807, 2.05) is 30.3 Å². The maximum atomic E-state index is 13.0. The minimum Gasteiger partial charge on any atom is -0.389 e. The third-order valence-electron chi connectivity index (χ3n) is 8.84. The zero-order chi connectivity index (χ0) is 25.7. The summed E-state index contributed by atoms with van der Waals surface area (Å²) in [5.41, 5.74) is 1.79. The molecule has 2 saturated heterocycles. The van der Waals surface area contributed by atoms with Crippen LogP contribution in [0.4, 0.5) is 5.82 Å². The number of amides is 1. The Hall–Kier alpha value is -2.58. The van der Waals surface area contributed by atoms with Gasteiger partial charge in [0.2, 0.25) is 5.91 Å². The number of fused-ring (bicyclic) bond motifs is 1. The van der Waals surface area contributed by atoms with Gasteiger partial charge < -0.3 is 15.2 Å². The van der Waals surface area contributed by atoms with Gasteiger partial charge in [0, 0.05) is 34.4 Å². The van der Waals surface area contributed by atoms with Crippen LogP contribution in [-0.2, 0) is 9.53 Å². The lowest BCUT2D eigenvalue weighted by atomic mass is 9.85. The monoisotopic (exact) mass is 520 g/mol. The summed E-state index contributed by atoms with van der Waals surface area (Å²) >= 11 is 6.74. The van der Waals surface area contributed by atoms with E-state index in [1.54, 1.807) is 12.4 Å². The Morgan fingerprint density at radius 2 is 2.00 bits per heavy atom. The van der Waals surface area contributed by atoms with E-state index in [1.165, 1.54) is 0 Å². The highest BCUT2D eigenvalue weighted by Gasteiger charge is 2.53. The van der Waals surface area contributed by atoms with Gasteiger partial charge in [0.1, 0.15) is 5.82 Å². The Morgan fingerprint density at radius 1 is 1.19 bits per heavy atom. The second-order valence-electron chi connectivity index (χ2n) is 11.1. The molecule has 3 aromatic rings. The number of aromatic nitrogens is 2. The minimum atomic E-state index is -0.452. The number of benzene rings is 1. The van der Waals surface area contributed by atoms with Crippen LogP contribution in [-0.4, -0.2) is 63.8 Å². The predicted molar refractivity (Wildman–Crippen MR) is 144 cm³/mol. The number of ether oxygens (including phenoxy) is 1. The van der Waals surface area contributed by atoms with Crippen LogP contribution >= 0.6 is 11.6 Å². The summed E-state index contributed by atoms with van der Waals surface area (Å²) in [6.07, 6.45) is 5.04. The number of hydrogen-bond acceptors (Lipinski definition) is 6. The maximum absolute atomic E-state index is 13.0. The number of carbonyl (C=O) groups excluding carboxylic acids is 1. The Labute approximate surface area is 222 Å². The number of pyridine rings is 2. The van der Waals surface area contributed by atoms with Crippen molar-refractivity contribution in [1.82, 2.24) is 14.9 Å². The summed E-state index contributed by atoms with van der Waals surface area (Å²) in [7, 11) is 0. The molecule has 5 atom stereocenters. The van der Waals surface area contributed by atoms with Crippen molar-refractivity contribution < 1.29 is 14.6 Å². The second kappa shape index (κ2) is 9.62. The molecule has 6 rings (SSSR count). The van der Waals surface area contributed by atoms with Gasteiger partial charge in [-0.25, -0.2) is 4.98 Å². The molecule has 0 bridgehead atoms. The van der Waals surface area contributed by atoms with Crippen molar-refractivity contribution in [3.05, 3.63) is 65.1 Å². The van der Waals surface area contributed by atoms with Gasteiger partial charge in [-0.1, -0.05) is 24.6 Å². The van der Waals surface area contributed by atoms with E-state index < -0.39 is 6.10 Å². The van der Waals surface area contributed by atoms with Crippen LogP contribution in [0.3, 0.4) is 0 Å². The van der Waals surface area contributed by atoms with Crippen LogP contribution in [0.2, 0.25) is 5.02 Å². The SMILES string of the molecule is C[C@H]1[C@H](C(=O)Nc2cc3cc(C4CCN([C@@]5(C)COC[C@H]5O)CC4)c(Cl)cc3cn2)[C@@H]1c1ccccn1. The third kappa shape index (κ3) is 4.52. The first-order valence-electron chi connectivity index (χ1n) is 13.2. The molecule has 2 aromatic heterocycles. The number of nitrogens with zero attached hydrogens (tertiary/aromatic N) is 3. The highest BCUT2D eigenvalue weighted by atomic mass is 35.5. The van der Waals surface area contributed by atoms with E-state index >= 15 is 0 Å². The van der Waals surface area contributed by atoms with Gasteiger partial charge in [-0.3, -0.25) is 14.7 Å². The predicted octanol–water partition coefficient (Wildman–Crippen LogP) is 4.60. The molecule has 1 saturated carbocycles. The number of hydrogen-bond donors (Lipinski definition) is 2. The molecule has 8 heteroatoms. The van der Waals surface area contributed by atoms with Gasteiger partial charge in [0.25, 0.3) is 0 Å². The first-order valence-corrected chi connectivity index (χ1v) is 13.5. The summed E-state index contributed by atoms with van der Waals surface area (Å²) in [5.74, 6) is 1.20. The second-order valence-corrected chi connectivity index (χ2v) is 11.5. The molecule has 3 fully saturated rings. The average molecular weight is 521 g/mol. The number of piperidine rings is 1. The van der Waals surface area contributed by atoms with Crippen LogP contribution < -0.4 is 5.32 Å². The number of halogens is 1. The molecule has 1 aliphatic carbocycles. The fraction of sp³-hybridized carbons (Fsp3) is 0.483. The molecular weight excluding hydrogens is 488 g/mol. The molecule has 0 radical (unpaired) electrons. The van der Waals surface area contributed by atoms with Gasteiger partial charge in [-0.2, -0.15) is 0 Å². The largest absolute Gasteiger partial charge is 0.389 e. The molecule has 0 spiro atoms. The van der Waals surface area contributed by atoms with Crippen molar-refractivity contribution in [3.63, 3.8) is 0 Å². The van der Waals surface area contributed by atoms with Gasteiger partial charge in [0.15, 0.2) is 0 Å². The van der Waals surface area contributed by atoms with E-state index in [0.29, 0.717) is 24.9 Å². The molecule has 194 valence electrons. The number of aliphatic hydroxyl groups excluding tert-OH is 1. The number of carbonyl (C=O) groups is 1. The lowest BCUT2D eigenvalue weighted by Crippen LogP contribution is -2.56. The molecular formula is C29H33ClN4O3. The first kappa shape index (κ1) is 24.7. The molecule has 1 aromatic carbocycles. The van der Waals surface area contributed by atoms with Crippen molar-refractivity contribution >= 4 is 34.1 Å². The third-order valence-corrected chi connectivity index (χ3v) is 9.17. The summed E-state index contributed by atoms with van der Waals surface area (Å²) in [6.45, 7) is 6.95. The van der Waals surface area contributed by atoms with E-state index in [-0.39, 0.29) is 29.2 Å². The molecule has 2 N–H and O–H groups in total. The van der Waals surface area contributed by atoms with Crippen LogP contribution in [0, 0.1) is 11.8 Å². The first-order chi connectivity index (χ1) is 17.8. The fourth-order valence-corrected chi connectivity index (χ4v) is 6.65. The van der Waals surface area contributed by atoms with E-state index in [2.05, 4.69) is 40.1 Å². The zero-order valence-electron chi connectivity index (χ0n) is 21.2. The fourth-order valence-electron chi connectivity index (χ4n) is 6.32. The maximum Gasteiger partial charge on any atom is 0.229 e. The molecule has 1 amide bonds. The molecule has 7 nitrogen and oxygen atoms in total. The van der Waals surface area contributed by atoms with Crippen molar-refractivity contribution in [2.75, 3.05) is 31.6 Å². The smallest absolute Gasteiger partial charge is 0.229 e. The van der Waals surface area contributed by atoms with Gasteiger partial charge in [0.05, 0.1) is 30.8 Å². The van der Waals surface area contributed by atoms with Crippen LogP contribution in [0.15, 0.2) is 48.8 Å². The topological polar surface area (TPSA) is 87.6 Å². The van der Waals surface area contributed by atoms with Crippen molar-refractivity contribution in [1.29, 1.82) is 0 Å². The lowest BCUT2D eigenvalue weighted by Gasteiger charge is -2.43. The molecule has 4 heterocycles. The number of likely N-dealkylation sites (tertiary alicyclic amines) is 1. The molecule has 2 aliphatic heterocycles. The van der Waals surface area contributed by atoms with Gasteiger partial charge in [-0.15, -0.1) is 0 Å². The minimum absolute atomic E-state index is 0.0110. The summed E-state index contributed by atoms with van der Waals surface area (Å²) in [4.78, 5) is 24.3. The summed E-state index contributed by atoms with van der Waals surface area (Å²) < 4.78 is 5.54. The van der Waals surface area contributed by atoms with E-state index in [9.17, 15) is 9.90 Å². The number of aliphatic hydroxyl groups is 1. The van der Waals surface area contributed by atoms with Crippen molar-refractivity contribution in [3.8, 4) is 0 Å². The van der Waals surface area contributed by atoms with Crippen LogP contribution in [0.1, 0.15) is 49.8 Å². The highest BCUT2D eigenvalue weighted by molar-refractivity contribution is 6.32. The van der Waals surface area contributed by atoms with Gasteiger partial charge in [-0.05, 0) is 86.0 Å². The summed E-state index contributed by atoms with van der Waals surface area (Å²) in [6, 6.07) is 11.9. The van der Waals surface area contributed by atoms with E-state index in [4.69, 9.17) is 16.3 Å². The van der Waals surface area contributed by atoms with E-state index in [0.717, 1.165) is 53.0 Å². The van der Waals surface area contributed by atoms with Crippen molar-refractivity contribution in [2.45, 2.75) is 50.2 Å². The zero-order valence-corrected chi connectivity index (χ0v) is 22.0. The normalized spacial score (nSPS) is 30.5. The molecule has 0 unspecified atom stereocenters. The average Bonchev–Trinajstić information content (AvgIpc) is 3.47. The number of anilines is 1. The standard InChI is InChI=1S/C29H33ClN4O3/c1-17-26(23-5-3-4-8-31-23)27(17)28(36)33-25-13-19-11-21(22(30)12-20(19)14-32-25)18-6-9-34(10-7-18)29(2)16-37-15-24(29)35/h3-5,8,11-14,17-18,24,26-27,35H,6-7,9-10,15-16H2,1-2H3,(H,32,33,36)/t17-,24-,26+,27+,29+/m1/s1. The van der Waals surface area contributed by atoms with Crippen molar-refractivity contribution in [2.24, 2.45) is 11.8 Å². The van der Waals surface area contributed by atoms with Crippen LogP contribution in [0.25, 0.3) is 10.8 Å². The van der Waals surface area contributed by atoms with Gasteiger partial charge >= 0.3 is 0 Å². The van der Waals surface area contributed by atoms with Crippen LogP contribution in [0.5, 0.6) is 0 Å². The Bertz CT molecular complexity index is 1310. The highest BCUT2D eigenvalue weighted by Crippen LogP contribution is 2.53. The quantitative estimate of drug-likeness (QED) is 0.511. The summed E-state index contributed by atoms with van der Waals surface area (Å²) in [5, 5.41) is 16.2. The Morgan fingerprint density at radius 3 is 2.70 bits per heavy atom. The number of rotatable bonds is 5. The molecule has 37 heavy (non-hydrogen) atoms. The Balaban J connectivity index is 1.16. The molecule has 3 aliphatic rings. The lowest BCUT2D eigenvalue weighted by molar-refractivity contribution is -0.117. The Kier molecular flexibility index (Phi) is 6.43. The number of nitrogens with one attached hydrogen (secondary N) is 1.